The minimum Gasteiger partial charge on any atom is -0.380 e. The maximum atomic E-state index is 5.85. The topological polar surface area (TPSA) is 54.1 Å². The zero-order valence-corrected chi connectivity index (χ0v) is 15.5. The Kier molecular flexibility index (Phi) is 5.00. The van der Waals surface area contributed by atoms with Crippen molar-refractivity contribution in [2.75, 3.05) is 7.11 Å². The van der Waals surface area contributed by atoms with Crippen molar-refractivity contribution in [3.05, 3.63) is 77.9 Å². The first kappa shape index (κ1) is 17.5. The molecule has 6 nitrogen and oxygen atoms in total. The molecule has 0 aliphatic rings. The highest BCUT2D eigenvalue weighted by Gasteiger charge is 2.07. The normalized spacial score (nSPS) is 11.3. The Labute approximate surface area is 158 Å². The lowest BCUT2D eigenvalue weighted by molar-refractivity contribution is 0.102. The van der Waals surface area contributed by atoms with E-state index in [1.165, 1.54) is 0 Å². The standard InChI is InChI=1S/C21H22N4O2/c1-24-19(8-9-23-24)14-27-13-16-4-3-5-18(10-16)25-15-22-20-11-17(12-26-2)6-7-21(20)25/h3-11,15H,12-14H2,1-2H3. The summed E-state index contributed by atoms with van der Waals surface area (Å²) in [5.41, 5.74) is 6.39. The SMILES string of the molecule is COCc1ccc2c(c1)ncn2-c1cccc(COCc2ccnn2C)c1. The number of nitrogens with zero attached hydrogens (tertiary/aromatic N) is 4. The molecule has 2 heterocycles. The van der Waals surface area contributed by atoms with E-state index >= 15 is 0 Å². The second-order valence-corrected chi connectivity index (χ2v) is 6.48. The molecule has 0 radical (unpaired) electrons. The smallest absolute Gasteiger partial charge is 0.100 e. The van der Waals surface area contributed by atoms with Crippen LogP contribution in [0.1, 0.15) is 16.8 Å². The quantitative estimate of drug-likeness (QED) is 0.504. The summed E-state index contributed by atoms with van der Waals surface area (Å²) >= 11 is 0. The summed E-state index contributed by atoms with van der Waals surface area (Å²) < 4.78 is 15.0. The maximum Gasteiger partial charge on any atom is 0.100 e. The Morgan fingerprint density at radius 1 is 0.963 bits per heavy atom. The van der Waals surface area contributed by atoms with Gasteiger partial charge in [-0.2, -0.15) is 5.10 Å². The van der Waals surface area contributed by atoms with Crippen LogP contribution in [0.3, 0.4) is 0 Å². The van der Waals surface area contributed by atoms with Gasteiger partial charge < -0.3 is 9.47 Å². The van der Waals surface area contributed by atoms with Gasteiger partial charge in [-0.05, 0) is 41.5 Å². The van der Waals surface area contributed by atoms with Crippen molar-refractivity contribution in [1.29, 1.82) is 0 Å². The monoisotopic (exact) mass is 362 g/mol. The summed E-state index contributed by atoms with van der Waals surface area (Å²) in [5, 5.41) is 4.16. The van der Waals surface area contributed by atoms with Crippen molar-refractivity contribution in [1.82, 2.24) is 19.3 Å². The molecule has 0 atom stereocenters. The van der Waals surface area contributed by atoms with E-state index in [0.29, 0.717) is 19.8 Å². The summed E-state index contributed by atoms with van der Waals surface area (Å²) in [5.74, 6) is 0. The fourth-order valence-electron chi connectivity index (χ4n) is 3.13. The molecule has 0 unspecified atom stereocenters. The van der Waals surface area contributed by atoms with E-state index in [1.807, 2.05) is 30.2 Å². The lowest BCUT2D eigenvalue weighted by Crippen LogP contribution is -2.02. The van der Waals surface area contributed by atoms with Gasteiger partial charge >= 0.3 is 0 Å². The number of rotatable bonds is 7. The van der Waals surface area contributed by atoms with E-state index in [2.05, 4.69) is 51.0 Å². The summed E-state index contributed by atoms with van der Waals surface area (Å²) in [4.78, 5) is 4.54. The number of imidazole rings is 1. The third kappa shape index (κ3) is 3.77. The van der Waals surface area contributed by atoms with Crippen LogP contribution in [-0.2, 0) is 36.3 Å². The van der Waals surface area contributed by atoms with Gasteiger partial charge in [-0.25, -0.2) is 4.98 Å². The van der Waals surface area contributed by atoms with E-state index in [4.69, 9.17) is 9.47 Å². The van der Waals surface area contributed by atoms with Crippen LogP contribution in [-0.4, -0.2) is 26.4 Å². The lowest BCUT2D eigenvalue weighted by Gasteiger charge is -2.09. The number of hydrogen-bond donors (Lipinski definition) is 0. The maximum absolute atomic E-state index is 5.85. The molecule has 138 valence electrons. The molecule has 0 saturated heterocycles. The van der Waals surface area contributed by atoms with Crippen molar-refractivity contribution in [3.8, 4) is 5.69 Å². The predicted octanol–water partition coefficient (Wildman–Crippen LogP) is 3.62. The van der Waals surface area contributed by atoms with Crippen LogP contribution in [0.25, 0.3) is 16.7 Å². The number of fused-ring (bicyclic) bond motifs is 1. The molecular weight excluding hydrogens is 340 g/mol. The molecule has 0 aliphatic carbocycles. The first-order valence-corrected chi connectivity index (χ1v) is 8.83. The molecule has 6 heteroatoms. The van der Waals surface area contributed by atoms with Gasteiger partial charge in [0.15, 0.2) is 0 Å². The van der Waals surface area contributed by atoms with Crippen LogP contribution in [0.5, 0.6) is 0 Å². The number of aryl methyl sites for hydroxylation is 1. The Morgan fingerprint density at radius 2 is 1.85 bits per heavy atom. The zero-order valence-electron chi connectivity index (χ0n) is 15.5. The second-order valence-electron chi connectivity index (χ2n) is 6.48. The highest BCUT2D eigenvalue weighted by atomic mass is 16.5. The Bertz CT molecular complexity index is 1050. The molecule has 0 fully saturated rings. The third-order valence-electron chi connectivity index (χ3n) is 4.55. The summed E-state index contributed by atoms with van der Waals surface area (Å²) in [7, 11) is 3.62. The van der Waals surface area contributed by atoms with E-state index < -0.39 is 0 Å². The Balaban J connectivity index is 1.52. The van der Waals surface area contributed by atoms with Gasteiger partial charge in [0.25, 0.3) is 0 Å². The van der Waals surface area contributed by atoms with E-state index in [0.717, 1.165) is 33.5 Å². The van der Waals surface area contributed by atoms with Gasteiger partial charge in [0.2, 0.25) is 0 Å². The molecule has 4 rings (SSSR count). The molecule has 0 spiro atoms. The fraction of sp³-hybridized carbons (Fsp3) is 0.238. The number of hydrogen-bond acceptors (Lipinski definition) is 4. The van der Waals surface area contributed by atoms with Crippen LogP contribution in [0.4, 0.5) is 0 Å². The summed E-state index contributed by atoms with van der Waals surface area (Å²) in [6.45, 7) is 1.67. The van der Waals surface area contributed by atoms with Gasteiger partial charge in [-0.1, -0.05) is 18.2 Å². The van der Waals surface area contributed by atoms with Crippen LogP contribution >= 0.6 is 0 Å². The first-order chi connectivity index (χ1) is 13.2. The molecule has 27 heavy (non-hydrogen) atoms. The molecule has 0 bridgehead atoms. The zero-order chi connectivity index (χ0) is 18.6. The van der Waals surface area contributed by atoms with E-state index in [9.17, 15) is 0 Å². The molecule has 0 N–H and O–H groups in total. The summed E-state index contributed by atoms with van der Waals surface area (Å²) in [6.07, 6.45) is 3.64. The highest BCUT2D eigenvalue weighted by Crippen LogP contribution is 2.21. The van der Waals surface area contributed by atoms with Gasteiger partial charge in [0.1, 0.15) is 6.33 Å². The fourth-order valence-corrected chi connectivity index (χ4v) is 3.13. The third-order valence-corrected chi connectivity index (χ3v) is 4.55. The average molecular weight is 362 g/mol. The van der Waals surface area contributed by atoms with Crippen LogP contribution in [0, 0.1) is 0 Å². The lowest BCUT2D eigenvalue weighted by atomic mass is 10.2. The first-order valence-electron chi connectivity index (χ1n) is 8.83. The number of benzene rings is 2. The van der Waals surface area contributed by atoms with E-state index in [-0.39, 0.29) is 0 Å². The van der Waals surface area contributed by atoms with Crippen LogP contribution in [0.15, 0.2) is 61.1 Å². The van der Waals surface area contributed by atoms with Crippen molar-refractivity contribution >= 4 is 11.0 Å². The van der Waals surface area contributed by atoms with Gasteiger partial charge in [-0.3, -0.25) is 9.25 Å². The largest absolute Gasteiger partial charge is 0.380 e. The second kappa shape index (κ2) is 7.73. The average Bonchev–Trinajstić information content (AvgIpc) is 3.28. The van der Waals surface area contributed by atoms with Crippen LogP contribution < -0.4 is 0 Å². The number of aromatic nitrogens is 4. The molecule has 2 aromatic heterocycles. The minimum atomic E-state index is 0.539. The number of methoxy groups -OCH3 is 1. The van der Waals surface area contributed by atoms with E-state index in [1.54, 1.807) is 13.3 Å². The van der Waals surface area contributed by atoms with Crippen molar-refractivity contribution in [3.63, 3.8) is 0 Å². The van der Waals surface area contributed by atoms with Crippen molar-refractivity contribution in [2.24, 2.45) is 7.05 Å². The molecule has 0 aliphatic heterocycles. The summed E-state index contributed by atoms with van der Waals surface area (Å²) in [6, 6.07) is 16.5. The highest BCUT2D eigenvalue weighted by molar-refractivity contribution is 5.78. The molecule has 2 aromatic carbocycles. The minimum absolute atomic E-state index is 0.539. The van der Waals surface area contributed by atoms with Crippen molar-refractivity contribution < 1.29 is 9.47 Å². The van der Waals surface area contributed by atoms with Crippen LogP contribution in [0.2, 0.25) is 0 Å². The van der Waals surface area contributed by atoms with Gasteiger partial charge in [-0.15, -0.1) is 0 Å². The Morgan fingerprint density at radius 3 is 2.67 bits per heavy atom. The van der Waals surface area contributed by atoms with Gasteiger partial charge in [0, 0.05) is 26.0 Å². The molecular formula is C21H22N4O2. The molecule has 0 amide bonds. The molecule has 0 saturated carbocycles. The van der Waals surface area contributed by atoms with Gasteiger partial charge in [0.05, 0.1) is 36.5 Å². The van der Waals surface area contributed by atoms with Crippen molar-refractivity contribution in [2.45, 2.75) is 19.8 Å². The Hall–Kier alpha value is -2.96. The molecule has 4 aromatic rings. The predicted molar refractivity (Wildman–Crippen MR) is 103 cm³/mol. The number of ether oxygens (including phenoxy) is 2.